The summed E-state index contributed by atoms with van der Waals surface area (Å²) in [4.78, 5) is 4.15. The number of rotatable bonds is 4. The summed E-state index contributed by atoms with van der Waals surface area (Å²) < 4.78 is 27.1. The van der Waals surface area contributed by atoms with Gasteiger partial charge in [-0.2, -0.15) is 4.72 Å². The molecule has 0 spiro atoms. The third kappa shape index (κ3) is 2.74. The van der Waals surface area contributed by atoms with E-state index in [0.29, 0.717) is 4.21 Å². The second-order valence-corrected chi connectivity index (χ2v) is 7.75. The zero-order valence-corrected chi connectivity index (χ0v) is 11.8. The molecule has 4 nitrogen and oxygen atoms in total. The Hall–Kier alpha value is -0.760. The highest BCUT2D eigenvalue weighted by molar-refractivity contribution is 7.91. The van der Waals surface area contributed by atoms with Gasteiger partial charge in [0.05, 0.1) is 5.54 Å². The molecule has 0 aliphatic carbocycles. The maximum Gasteiger partial charge on any atom is 0.250 e. The summed E-state index contributed by atoms with van der Waals surface area (Å²) in [5, 5.41) is 4.32. The normalized spacial score (nSPS) is 12.8. The molecule has 0 bridgehead atoms. The van der Waals surface area contributed by atoms with Crippen molar-refractivity contribution < 1.29 is 8.42 Å². The predicted octanol–water partition coefficient (Wildman–Crippen LogP) is 2.42. The molecule has 2 heterocycles. The first kappa shape index (κ1) is 12.7. The number of hydrogen-bond donors (Lipinski definition) is 1. The van der Waals surface area contributed by atoms with Gasteiger partial charge in [-0.15, -0.1) is 22.7 Å². The van der Waals surface area contributed by atoms with Crippen molar-refractivity contribution in [2.24, 2.45) is 0 Å². The summed E-state index contributed by atoms with van der Waals surface area (Å²) in [6, 6.07) is 3.31. The van der Waals surface area contributed by atoms with E-state index >= 15 is 0 Å². The van der Waals surface area contributed by atoms with Gasteiger partial charge in [-0.25, -0.2) is 13.4 Å². The fourth-order valence-corrected chi connectivity index (χ4v) is 4.53. The van der Waals surface area contributed by atoms with Gasteiger partial charge in [-0.1, -0.05) is 6.07 Å². The van der Waals surface area contributed by atoms with E-state index in [2.05, 4.69) is 9.71 Å². The smallest absolute Gasteiger partial charge is 0.248 e. The van der Waals surface area contributed by atoms with Gasteiger partial charge in [-0.3, -0.25) is 0 Å². The molecule has 2 rings (SSSR count). The minimum atomic E-state index is -3.47. The van der Waals surface area contributed by atoms with E-state index in [4.69, 9.17) is 0 Å². The summed E-state index contributed by atoms with van der Waals surface area (Å²) >= 11 is 2.63. The molecule has 0 fully saturated rings. The van der Waals surface area contributed by atoms with Crippen LogP contribution < -0.4 is 4.72 Å². The van der Waals surface area contributed by atoms with E-state index in [9.17, 15) is 8.42 Å². The van der Waals surface area contributed by atoms with Crippen LogP contribution >= 0.6 is 22.7 Å². The average molecular weight is 288 g/mol. The van der Waals surface area contributed by atoms with Crippen molar-refractivity contribution in [3.8, 4) is 0 Å². The van der Waals surface area contributed by atoms with Gasteiger partial charge >= 0.3 is 0 Å². The molecule has 0 aliphatic heterocycles. The minimum Gasteiger partial charge on any atom is -0.248 e. The van der Waals surface area contributed by atoms with Crippen molar-refractivity contribution in [3.63, 3.8) is 0 Å². The van der Waals surface area contributed by atoms with Crippen molar-refractivity contribution in [2.45, 2.75) is 23.6 Å². The highest BCUT2D eigenvalue weighted by atomic mass is 32.2. The standard InChI is InChI=1S/C10H12N2O2S3/c1-10(2,9-11-5-7-16-9)12-17(13,14)8-4-3-6-15-8/h3-7,12H,1-2H3. The van der Waals surface area contributed by atoms with Crippen LogP contribution in [0.2, 0.25) is 0 Å². The Morgan fingerprint density at radius 3 is 2.59 bits per heavy atom. The van der Waals surface area contributed by atoms with Crippen molar-refractivity contribution in [2.75, 3.05) is 0 Å². The fraction of sp³-hybridized carbons (Fsp3) is 0.300. The van der Waals surface area contributed by atoms with Crippen LogP contribution in [0.5, 0.6) is 0 Å². The number of nitrogens with one attached hydrogen (secondary N) is 1. The summed E-state index contributed by atoms with van der Waals surface area (Å²) in [7, 11) is -3.47. The molecule has 2 aromatic rings. The fourth-order valence-electron chi connectivity index (χ4n) is 1.38. The van der Waals surface area contributed by atoms with Gasteiger partial charge in [0, 0.05) is 11.6 Å². The second-order valence-electron chi connectivity index (χ2n) is 4.00. The molecule has 0 atom stereocenters. The largest absolute Gasteiger partial charge is 0.250 e. The van der Waals surface area contributed by atoms with Crippen LogP contribution in [0.1, 0.15) is 18.9 Å². The molecule has 0 saturated carbocycles. The first-order chi connectivity index (χ1) is 7.92. The zero-order chi connectivity index (χ0) is 12.5. The molecule has 0 unspecified atom stereocenters. The molecule has 2 aromatic heterocycles. The molecule has 92 valence electrons. The van der Waals surface area contributed by atoms with Crippen molar-refractivity contribution >= 4 is 32.7 Å². The third-order valence-corrected chi connectivity index (χ3v) is 6.27. The Labute approximate surface area is 108 Å². The van der Waals surface area contributed by atoms with Gasteiger partial charge in [-0.05, 0) is 25.3 Å². The maximum absolute atomic E-state index is 12.1. The average Bonchev–Trinajstić information content (AvgIpc) is 2.91. The lowest BCUT2D eigenvalue weighted by Gasteiger charge is -2.22. The Morgan fingerprint density at radius 2 is 2.06 bits per heavy atom. The number of sulfonamides is 1. The molecular formula is C10H12N2O2S3. The maximum atomic E-state index is 12.1. The number of aromatic nitrogens is 1. The first-order valence-electron chi connectivity index (χ1n) is 4.89. The SMILES string of the molecule is CC(C)(NS(=O)(=O)c1cccs1)c1nccs1. The lowest BCUT2D eigenvalue weighted by molar-refractivity contribution is 0.471. The van der Waals surface area contributed by atoms with Gasteiger partial charge in [0.15, 0.2) is 0 Å². The van der Waals surface area contributed by atoms with Gasteiger partial charge in [0.2, 0.25) is 0 Å². The summed E-state index contributed by atoms with van der Waals surface area (Å²) in [5.41, 5.74) is -0.697. The minimum absolute atomic E-state index is 0.321. The summed E-state index contributed by atoms with van der Waals surface area (Å²) in [6.45, 7) is 3.61. The predicted molar refractivity (Wildman–Crippen MR) is 69.8 cm³/mol. The van der Waals surface area contributed by atoms with Crippen LogP contribution in [-0.4, -0.2) is 13.4 Å². The van der Waals surface area contributed by atoms with Gasteiger partial charge in [0.1, 0.15) is 9.22 Å². The van der Waals surface area contributed by atoms with E-state index in [-0.39, 0.29) is 0 Å². The Balaban J connectivity index is 2.28. The van der Waals surface area contributed by atoms with E-state index in [1.807, 2.05) is 5.38 Å². The molecule has 0 aliphatic rings. The van der Waals surface area contributed by atoms with E-state index < -0.39 is 15.6 Å². The summed E-state index contributed by atoms with van der Waals surface area (Å²) in [5.74, 6) is 0. The van der Waals surface area contributed by atoms with Crippen LogP contribution in [0.3, 0.4) is 0 Å². The Morgan fingerprint density at radius 1 is 1.29 bits per heavy atom. The van der Waals surface area contributed by atoms with Gasteiger partial charge < -0.3 is 0 Å². The molecule has 17 heavy (non-hydrogen) atoms. The number of thiophene rings is 1. The topological polar surface area (TPSA) is 59.1 Å². The van der Waals surface area contributed by atoms with Gasteiger partial charge in [0.25, 0.3) is 10.0 Å². The molecule has 0 radical (unpaired) electrons. The number of nitrogens with zero attached hydrogens (tertiary/aromatic N) is 1. The van der Waals surface area contributed by atoms with Crippen molar-refractivity contribution in [1.82, 2.24) is 9.71 Å². The third-order valence-electron chi connectivity index (χ3n) is 2.12. The second kappa shape index (κ2) is 4.49. The first-order valence-corrected chi connectivity index (χ1v) is 8.13. The highest BCUT2D eigenvalue weighted by Gasteiger charge is 2.30. The monoisotopic (exact) mass is 288 g/mol. The molecule has 0 amide bonds. The Bertz CT molecular complexity index is 571. The van der Waals surface area contributed by atoms with Crippen LogP contribution in [0.15, 0.2) is 33.3 Å². The quantitative estimate of drug-likeness (QED) is 0.940. The Kier molecular flexibility index (Phi) is 3.35. The van der Waals surface area contributed by atoms with Crippen molar-refractivity contribution in [3.05, 3.63) is 34.1 Å². The van der Waals surface area contributed by atoms with E-state index in [0.717, 1.165) is 5.01 Å². The van der Waals surface area contributed by atoms with E-state index in [1.165, 1.54) is 22.7 Å². The van der Waals surface area contributed by atoms with Crippen LogP contribution in [0, 0.1) is 0 Å². The molecule has 0 aromatic carbocycles. The summed E-state index contributed by atoms with van der Waals surface area (Å²) in [6.07, 6.45) is 1.67. The van der Waals surface area contributed by atoms with Crippen molar-refractivity contribution in [1.29, 1.82) is 0 Å². The van der Waals surface area contributed by atoms with Crippen LogP contribution in [-0.2, 0) is 15.6 Å². The van der Waals surface area contributed by atoms with E-state index in [1.54, 1.807) is 37.6 Å². The van der Waals surface area contributed by atoms with Crippen LogP contribution in [0.25, 0.3) is 0 Å². The lowest BCUT2D eigenvalue weighted by Crippen LogP contribution is -2.40. The lowest BCUT2D eigenvalue weighted by atomic mass is 10.1. The molecular weight excluding hydrogens is 276 g/mol. The molecule has 1 N–H and O–H groups in total. The zero-order valence-electron chi connectivity index (χ0n) is 9.38. The molecule has 7 heteroatoms. The number of hydrogen-bond acceptors (Lipinski definition) is 5. The molecule has 0 saturated heterocycles. The number of thiazole rings is 1. The van der Waals surface area contributed by atoms with Crippen LogP contribution in [0.4, 0.5) is 0 Å². The highest BCUT2D eigenvalue weighted by Crippen LogP contribution is 2.26.